The van der Waals surface area contributed by atoms with Crippen molar-refractivity contribution in [3.05, 3.63) is 23.8 Å². The molecule has 0 unspecified atom stereocenters. The van der Waals surface area contributed by atoms with Crippen LogP contribution < -0.4 is 10.1 Å². The summed E-state index contributed by atoms with van der Waals surface area (Å²) in [6, 6.07) is 5.10. The van der Waals surface area contributed by atoms with E-state index in [2.05, 4.69) is 5.32 Å². The summed E-state index contributed by atoms with van der Waals surface area (Å²) in [5.41, 5.74) is 1.06. The minimum Gasteiger partial charge on any atom is -0.490 e. The largest absolute Gasteiger partial charge is 0.490 e. The van der Waals surface area contributed by atoms with Crippen LogP contribution >= 0.6 is 0 Å². The van der Waals surface area contributed by atoms with E-state index in [4.69, 9.17) is 9.47 Å². The molecule has 1 aliphatic carbocycles. The fourth-order valence-corrected chi connectivity index (χ4v) is 4.91. The summed E-state index contributed by atoms with van der Waals surface area (Å²) in [6.45, 7) is 0.301. The number of ether oxygens (including phenoxy) is 2. The monoisotopic (exact) mass is 443 g/mol. The first-order valence-electron chi connectivity index (χ1n) is 11.5. The van der Waals surface area contributed by atoms with Crippen molar-refractivity contribution in [1.29, 1.82) is 0 Å². The molecule has 2 heterocycles. The van der Waals surface area contributed by atoms with Crippen LogP contribution in [0.5, 0.6) is 5.75 Å². The van der Waals surface area contributed by atoms with Gasteiger partial charge in [0, 0.05) is 32.7 Å². The molecule has 174 valence electrons. The van der Waals surface area contributed by atoms with Gasteiger partial charge in [-0.1, -0.05) is 12.8 Å². The third kappa shape index (κ3) is 4.75. The van der Waals surface area contributed by atoms with E-state index in [1.807, 2.05) is 0 Å². The molecule has 8 heteroatoms. The number of carbonyl (C=O) groups excluding carboxylic acids is 3. The molecule has 2 fully saturated rings. The van der Waals surface area contributed by atoms with E-state index >= 15 is 0 Å². The summed E-state index contributed by atoms with van der Waals surface area (Å²) >= 11 is 0. The number of hydrogen-bond donors (Lipinski definition) is 1. The summed E-state index contributed by atoms with van der Waals surface area (Å²) in [5, 5.41) is 2.97. The summed E-state index contributed by atoms with van der Waals surface area (Å²) in [6.07, 6.45) is 5.34. The Morgan fingerprint density at radius 1 is 1.16 bits per heavy atom. The lowest BCUT2D eigenvalue weighted by atomic mass is 9.94. The van der Waals surface area contributed by atoms with Gasteiger partial charge in [-0.2, -0.15) is 0 Å². The molecule has 1 aromatic rings. The molecule has 0 radical (unpaired) electrons. The van der Waals surface area contributed by atoms with Crippen LogP contribution in [0.15, 0.2) is 18.2 Å². The minimum atomic E-state index is -0.299. The van der Waals surface area contributed by atoms with Crippen molar-refractivity contribution in [2.24, 2.45) is 5.92 Å². The van der Waals surface area contributed by atoms with Crippen LogP contribution in [0.2, 0.25) is 0 Å². The number of carbonyl (C=O) groups is 3. The molecule has 2 aliphatic heterocycles. The zero-order valence-electron chi connectivity index (χ0n) is 19.1. The van der Waals surface area contributed by atoms with Gasteiger partial charge in [0.2, 0.25) is 11.8 Å². The number of amides is 3. The fourth-order valence-electron chi connectivity index (χ4n) is 4.91. The molecule has 0 spiro atoms. The predicted molar refractivity (Wildman–Crippen MR) is 120 cm³/mol. The summed E-state index contributed by atoms with van der Waals surface area (Å²) in [5.74, 6) is 0.433. The quantitative estimate of drug-likeness (QED) is 0.773. The Kier molecular flexibility index (Phi) is 6.69. The molecule has 4 rings (SSSR count). The van der Waals surface area contributed by atoms with Gasteiger partial charge in [-0.15, -0.1) is 0 Å². The second kappa shape index (κ2) is 9.48. The number of anilines is 1. The number of hydrogen-bond acceptors (Lipinski definition) is 5. The Hall–Kier alpha value is -2.61. The first-order chi connectivity index (χ1) is 15.3. The minimum absolute atomic E-state index is 0.0223. The van der Waals surface area contributed by atoms with Crippen LogP contribution in [-0.2, 0) is 14.3 Å². The molecule has 3 aliphatic rings. The molecule has 8 nitrogen and oxygen atoms in total. The van der Waals surface area contributed by atoms with Crippen molar-refractivity contribution in [3.8, 4) is 5.75 Å². The van der Waals surface area contributed by atoms with Gasteiger partial charge < -0.3 is 24.6 Å². The third-order valence-corrected chi connectivity index (χ3v) is 6.91. The number of rotatable bonds is 4. The van der Waals surface area contributed by atoms with Crippen molar-refractivity contribution in [3.63, 3.8) is 0 Å². The van der Waals surface area contributed by atoms with Gasteiger partial charge >= 0.3 is 0 Å². The normalized spacial score (nSPS) is 25.8. The highest BCUT2D eigenvalue weighted by atomic mass is 16.5. The second-order valence-electron chi connectivity index (χ2n) is 9.34. The van der Waals surface area contributed by atoms with E-state index in [0.717, 1.165) is 32.1 Å². The average Bonchev–Trinajstić information content (AvgIpc) is 3.32. The maximum atomic E-state index is 13.3. The van der Waals surface area contributed by atoms with E-state index in [1.165, 1.54) is 0 Å². The van der Waals surface area contributed by atoms with Gasteiger partial charge in [0.15, 0.2) is 0 Å². The highest BCUT2D eigenvalue weighted by molar-refractivity contribution is 6.00. The molecule has 1 saturated heterocycles. The molecule has 1 saturated carbocycles. The maximum Gasteiger partial charge on any atom is 0.257 e. The molecule has 32 heavy (non-hydrogen) atoms. The zero-order valence-corrected chi connectivity index (χ0v) is 19.1. The van der Waals surface area contributed by atoms with Gasteiger partial charge in [-0.25, -0.2) is 0 Å². The van der Waals surface area contributed by atoms with Crippen molar-refractivity contribution in [1.82, 2.24) is 9.80 Å². The Morgan fingerprint density at radius 2 is 1.91 bits per heavy atom. The number of nitrogens with zero attached hydrogens (tertiary/aromatic N) is 2. The van der Waals surface area contributed by atoms with Crippen molar-refractivity contribution < 1.29 is 23.9 Å². The summed E-state index contributed by atoms with van der Waals surface area (Å²) < 4.78 is 12.2. The van der Waals surface area contributed by atoms with Gasteiger partial charge in [-0.3, -0.25) is 14.4 Å². The fraction of sp³-hybridized carbons (Fsp3) is 0.625. The number of fused-ring (bicyclic) bond motifs is 2. The zero-order chi connectivity index (χ0) is 22.8. The summed E-state index contributed by atoms with van der Waals surface area (Å²) in [7, 11) is 5.26. The number of benzene rings is 1. The third-order valence-electron chi connectivity index (χ3n) is 6.91. The molecule has 3 amide bonds. The Morgan fingerprint density at radius 3 is 2.62 bits per heavy atom. The van der Waals surface area contributed by atoms with Gasteiger partial charge in [-0.05, 0) is 43.9 Å². The van der Waals surface area contributed by atoms with Gasteiger partial charge in [0.1, 0.15) is 18.5 Å². The Bertz CT molecular complexity index is 880. The predicted octanol–water partition coefficient (Wildman–Crippen LogP) is 2.67. The molecule has 3 atom stereocenters. The highest BCUT2D eigenvalue weighted by Crippen LogP contribution is 2.33. The SMILES string of the molecule is CN(C)C(=O)C[C@@H]1CC[C@H]2[C@H](COc3ccc(NC(=O)C4CCCC4)cc3C(=O)N2C)O1. The van der Waals surface area contributed by atoms with E-state index in [1.54, 1.807) is 49.1 Å². The van der Waals surface area contributed by atoms with Gasteiger partial charge in [0.25, 0.3) is 5.91 Å². The molecular formula is C24H33N3O5. The van der Waals surface area contributed by atoms with Crippen molar-refractivity contribution in [2.45, 2.75) is 63.2 Å². The van der Waals surface area contributed by atoms with Crippen LogP contribution in [0.1, 0.15) is 55.3 Å². The van der Waals surface area contributed by atoms with E-state index < -0.39 is 0 Å². The first-order valence-corrected chi connectivity index (χ1v) is 11.5. The van der Waals surface area contributed by atoms with Crippen LogP contribution in [0.3, 0.4) is 0 Å². The van der Waals surface area contributed by atoms with Crippen LogP contribution in [0.25, 0.3) is 0 Å². The molecule has 1 N–H and O–H groups in total. The smallest absolute Gasteiger partial charge is 0.257 e. The summed E-state index contributed by atoms with van der Waals surface area (Å²) in [4.78, 5) is 41.2. The lowest BCUT2D eigenvalue weighted by molar-refractivity contribution is -0.140. The second-order valence-corrected chi connectivity index (χ2v) is 9.34. The number of nitrogens with one attached hydrogen (secondary N) is 1. The first kappa shape index (κ1) is 22.6. The van der Waals surface area contributed by atoms with E-state index in [0.29, 0.717) is 36.4 Å². The lowest BCUT2D eigenvalue weighted by Gasteiger charge is -2.42. The van der Waals surface area contributed by atoms with Gasteiger partial charge in [0.05, 0.1) is 24.1 Å². The Labute approximate surface area is 189 Å². The average molecular weight is 444 g/mol. The van der Waals surface area contributed by atoms with E-state index in [-0.39, 0.29) is 41.9 Å². The lowest BCUT2D eigenvalue weighted by Crippen LogP contribution is -2.53. The molecular weight excluding hydrogens is 410 g/mol. The molecule has 0 aromatic heterocycles. The Balaban J connectivity index is 1.48. The van der Waals surface area contributed by atoms with Crippen molar-refractivity contribution >= 4 is 23.4 Å². The molecule has 1 aromatic carbocycles. The van der Waals surface area contributed by atoms with Crippen LogP contribution in [0.4, 0.5) is 5.69 Å². The van der Waals surface area contributed by atoms with Crippen LogP contribution in [0, 0.1) is 5.92 Å². The topological polar surface area (TPSA) is 88.2 Å². The highest BCUT2D eigenvalue weighted by Gasteiger charge is 2.39. The maximum absolute atomic E-state index is 13.3. The number of likely N-dealkylation sites (N-methyl/N-ethyl adjacent to an activating group) is 1. The standard InChI is InChI=1S/C24H33N3O5/c1-26(2)22(28)13-17-9-10-19-21(32-17)14-31-20-11-8-16(12-18(20)24(30)27(19)3)25-23(29)15-6-4-5-7-15/h8,11-12,15,17,19,21H,4-7,9-10,13-14H2,1-3H3,(H,25,29)/t17-,19-,21-/m0/s1. The van der Waals surface area contributed by atoms with Crippen molar-refractivity contribution in [2.75, 3.05) is 33.1 Å². The molecule has 0 bridgehead atoms. The van der Waals surface area contributed by atoms with E-state index in [9.17, 15) is 14.4 Å². The van der Waals surface area contributed by atoms with Crippen LogP contribution in [-0.4, -0.2) is 73.5 Å².